The van der Waals surface area contributed by atoms with E-state index >= 15 is 0 Å². The van der Waals surface area contributed by atoms with Gasteiger partial charge in [-0.3, -0.25) is 4.39 Å². The van der Waals surface area contributed by atoms with Gasteiger partial charge in [0.25, 0.3) is 0 Å². The van der Waals surface area contributed by atoms with E-state index in [9.17, 15) is 13.2 Å². The molecule has 1 aromatic rings. The molecular weight excluding hydrogens is 207 g/mol. The average molecular weight is 219 g/mol. The van der Waals surface area contributed by atoms with Crippen molar-refractivity contribution in [3.05, 3.63) is 29.8 Å². The second-order valence-electron chi connectivity index (χ2n) is 3.00. The fraction of sp³-hybridized carbons (Fsp3) is 0.400. The van der Waals surface area contributed by atoms with Crippen molar-refractivity contribution >= 4 is 0 Å². The Morgan fingerprint density at radius 2 is 1.93 bits per heavy atom. The highest BCUT2D eigenvalue weighted by Gasteiger charge is 2.14. The van der Waals surface area contributed by atoms with Crippen molar-refractivity contribution < 1.29 is 17.9 Å². The lowest BCUT2D eigenvalue weighted by Crippen LogP contribution is -2.14. The summed E-state index contributed by atoms with van der Waals surface area (Å²) in [6, 6.07) is 5.53. The molecule has 0 saturated heterocycles. The van der Waals surface area contributed by atoms with Gasteiger partial charge < -0.3 is 10.5 Å². The van der Waals surface area contributed by atoms with Crippen LogP contribution in [0.15, 0.2) is 24.3 Å². The molecule has 0 aliphatic heterocycles. The van der Waals surface area contributed by atoms with Gasteiger partial charge in [0.1, 0.15) is 5.75 Å². The quantitative estimate of drug-likeness (QED) is 0.826. The van der Waals surface area contributed by atoms with E-state index in [2.05, 4.69) is 4.74 Å². The summed E-state index contributed by atoms with van der Waals surface area (Å²) in [5.74, 6) is 0.00782. The van der Waals surface area contributed by atoms with Crippen LogP contribution in [0, 0.1) is 0 Å². The van der Waals surface area contributed by atoms with Gasteiger partial charge in [0, 0.05) is 11.6 Å². The Bertz CT molecular complexity index is 306. The van der Waals surface area contributed by atoms with Crippen molar-refractivity contribution in [2.45, 2.75) is 19.1 Å². The lowest BCUT2D eigenvalue weighted by atomic mass is 10.0. The number of hydrogen-bond donors (Lipinski definition) is 1. The number of ether oxygens (including phenoxy) is 1. The summed E-state index contributed by atoms with van der Waals surface area (Å²) in [6.45, 7) is -3.49. The van der Waals surface area contributed by atoms with Crippen molar-refractivity contribution in [3.8, 4) is 5.75 Å². The molecule has 2 N–H and O–H groups in total. The van der Waals surface area contributed by atoms with E-state index in [0.717, 1.165) is 0 Å². The monoisotopic (exact) mass is 219 g/mol. The van der Waals surface area contributed by atoms with E-state index in [1.54, 1.807) is 18.2 Å². The standard InChI is InChI=1S/C10H12F3NO/c11-6-5-8(14)7-3-1-2-4-9(7)15-10(12)13/h1-4,8,10H,5-6,14H2/t8-/m0/s1. The van der Waals surface area contributed by atoms with Crippen LogP contribution < -0.4 is 10.5 Å². The summed E-state index contributed by atoms with van der Waals surface area (Å²) in [4.78, 5) is 0. The van der Waals surface area contributed by atoms with Gasteiger partial charge in [-0.25, -0.2) is 0 Å². The zero-order chi connectivity index (χ0) is 11.3. The first-order valence-corrected chi connectivity index (χ1v) is 4.50. The van der Waals surface area contributed by atoms with Crippen molar-refractivity contribution in [2.75, 3.05) is 6.67 Å². The third kappa shape index (κ3) is 3.43. The molecule has 0 aromatic heterocycles. The maximum atomic E-state index is 12.1. The highest BCUT2D eigenvalue weighted by atomic mass is 19.3. The molecule has 0 unspecified atom stereocenters. The zero-order valence-electron chi connectivity index (χ0n) is 8.00. The summed E-state index contributed by atoms with van der Waals surface area (Å²) in [7, 11) is 0. The Labute approximate surface area is 85.8 Å². The second kappa shape index (κ2) is 5.60. The van der Waals surface area contributed by atoms with Crippen LogP contribution in [-0.2, 0) is 0 Å². The first-order valence-electron chi connectivity index (χ1n) is 4.50. The average Bonchev–Trinajstić information content (AvgIpc) is 2.18. The number of benzene rings is 1. The molecule has 0 bridgehead atoms. The Morgan fingerprint density at radius 3 is 2.53 bits per heavy atom. The fourth-order valence-electron chi connectivity index (χ4n) is 1.26. The molecule has 5 heteroatoms. The van der Waals surface area contributed by atoms with Crippen LogP contribution in [0.4, 0.5) is 13.2 Å². The summed E-state index contributed by atoms with van der Waals surface area (Å²) in [5.41, 5.74) is 6.02. The molecule has 0 amide bonds. The first-order chi connectivity index (χ1) is 7.15. The molecule has 2 nitrogen and oxygen atoms in total. The van der Waals surface area contributed by atoms with E-state index in [1.807, 2.05) is 0 Å². The second-order valence-corrected chi connectivity index (χ2v) is 3.00. The van der Waals surface area contributed by atoms with E-state index in [-0.39, 0.29) is 12.2 Å². The maximum Gasteiger partial charge on any atom is 0.387 e. The minimum atomic E-state index is -2.90. The molecule has 0 fully saturated rings. The van der Waals surface area contributed by atoms with Crippen molar-refractivity contribution in [1.29, 1.82) is 0 Å². The van der Waals surface area contributed by atoms with Gasteiger partial charge >= 0.3 is 6.61 Å². The normalized spacial score (nSPS) is 12.9. The van der Waals surface area contributed by atoms with E-state index in [1.165, 1.54) is 6.07 Å². The molecule has 0 heterocycles. The summed E-state index contributed by atoms with van der Waals surface area (Å²) in [6.07, 6.45) is 0.0869. The lowest BCUT2D eigenvalue weighted by Gasteiger charge is -2.15. The van der Waals surface area contributed by atoms with Gasteiger partial charge in [0.05, 0.1) is 6.67 Å². The predicted molar refractivity (Wildman–Crippen MR) is 50.6 cm³/mol. The molecule has 1 atom stereocenters. The van der Waals surface area contributed by atoms with Gasteiger partial charge in [0.2, 0.25) is 0 Å². The zero-order valence-corrected chi connectivity index (χ0v) is 8.00. The van der Waals surface area contributed by atoms with E-state index < -0.39 is 19.3 Å². The van der Waals surface area contributed by atoms with Gasteiger partial charge in [-0.05, 0) is 12.5 Å². The van der Waals surface area contributed by atoms with Crippen LogP contribution in [0.5, 0.6) is 5.75 Å². The van der Waals surface area contributed by atoms with Gasteiger partial charge in [0.15, 0.2) is 0 Å². The van der Waals surface area contributed by atoms with Crippen molar-refractivity contribution in [1.82, 2.24) is 0 Å². The smallest absolute Gasteiger partial charge is 0.387 e. The Balaban J connectivity index is 2.85. The number of para-hydroxylation sites is 1. The van der Waals surface area contributed by atoms with Gasteiger partial charge in [-0.2, -0.15) is 8.78 Å². The molecule has 0 radical (unpaired) electrons. The number of hydrogen-bond acceptors (Lipinski definition) is 2. The van der Waals surface area contributed by atoms with Gasteiger partial charge in [-0.15, -0.1) is 0 Å². The summed E-state index contributed by atoms with van der Waals surface area (Å²) >= 11 is 0. The molecule has 0 saturated carbocycles. The summed E-state index contributed by atoms with van der Waals surface area (Å²) < 4.78 is 40.4. The molecule has 1 aromatic carbocycles. The highest BCUT2D eigenvalue weighted by molar-refractivity contribution is 5.35. The van der Waals surface area contributed by atoms with Crippen LogP contribution in [0.3, 0.4) is 0 Å². The minimum Gasteiger partial charge on any atom is -0.434 e. The van der Waals surface area contributed by atoms with E-state index in [0.29, 0.717) is 5.56 Å². The molecule has 0 spiro atoms. The molecule has 0 aliphatic carbocycles. The van der Waals surface area contributed by atoms with Gasteiger partial charge in [-0.1, -0.05) is 18.2 Å². The minimum absolute atomic E-state index is 0.00782. The maximum absolute atomic E-state index is 12.1. The third-order valence-electron chi connectivity index (χ3n) is 1.95. The number of nitrogens with two attached hydrogens (primary N) is 1. The number of alkyl halides is 3. The third-order valence-corrected chi connectivity index (χ3v) is 1.95. The molecule has 0 aliphatic rings. The van der Waals surface area contributed by atoms with Crippen molar-refractivity contribution in [2.24, 2.45) is 5.73 Å². The van der Waals surface area contributed by atoms with E-state index in [4.69, 9.17) is 5.73 Å². The Hall–Kier alpha value is -1.23. The molecule has 15 heavy (non-hydrogen) atoms. The molecule has 1 rings (SSSR count). The lowest BCUT2D eigenvalue weighted by molar-refractivity contribution is -0.0506. The topological polar surface area (TPSA) is 35.2 Å². The predicted octanol–water partition coefficient (Wildman–Crippen LogP) is 2.65. The first kappa shape index (κ1) is 11.8. The van der Waals surface area contributed by atoms with Crippen LogP contribution >= 0.6 is 0 Å². The van der Waals surface area contributed by atoms with Crippen LogP contribution in [-0.4, -0.2) is 13.3 Å². The van der Waals surface area contributed by atoms with Crippen LogP contribution in [0.1, 0.15) is 18.0 Å². The molecular formula is C10H12F3NO. The summed E-state index contributed by atoms with van der Waals surface area (Å²) in [5, 5.41) is 0. The number of halogens is 3. The Kier molecular flexibility index (Phi) is 4.42. The van der Waals surface area contributed by atoms with Crippen LogP contribution in [0.25, 0.3) is 0 Å². The highest BCUT2D eigenvalue weighted by Crippen LogP contribution is 2.26. The molecule has 84 valence electrons. The largest absolute Gasteiger partial charge is 0.434 e. The van der Waals surface area contributed by atoms with Crippen molar-refractivity contribution in [3.63, 3.8) is 0 Å². The number of rotatable bonds is 5. The Morgan fingerprint density at radius 1 is 1.27 bits per heavy atom. The van der Waals surface area contributed by atoms with Crippen LogP contribution in [0.2, 0.25) is 0 Å². The fourth-order valence-corrected chi connectivity index (χ4v) is 1.26. The SMILES string of the molecule is N[C@@H](CCF)c1ccccc1OC(F)F.